The van der Waals surface area contributed by atoms with E-state index in [0.717, 1.165) is 39.5 Å². The van der Waals surface area contributed by atoms with Gasteiger partial charge in [-0.25, -0.2) is 9.97 Å². The highest BCUT2D eigenvalue weighted by Gasteiger charge is 2.20. The molecule has 0 saturated carbocycles. The first-order chi connectivity index (χ1) is 28.7. The summed E-state index contributed by atoms with van der Waals surface area (Å²) in [5, 5.41) is 7.55. The summed E-state index contributed by atoms with van der Waals surface area (Å²) in [6, 6.07) is 73.8. The highest BCUT2D eigenvalue weighted by atomic mass is 15.0. The zero-order chi connectivity index (χ0) is 38.2. The zero-order valence-electron chi connectivity index (χ0n) is 31.4. The SMILES string of the molecule is c1ccc(-c2cc(-c3ccccc3)nc(-c3ccc(-n4c5cccc6ccc7cc(-c8ccc9c%10ccccc%10n(-c%10ccccc%10)c9c8)cc4c7c65)cc3)n2)cc1. The molecule has 0 aliphatic carbocycles. The third kappa shape index (κ3) is 5.09. The maximum absolute atomic E-state index is 5.10. The Bertz CT molecular complexity index is 3410. The molecule has 12 aromatic rings. The van der Waals surface area contributed by atoms with Gasteiger partial charge in [0.15, 0.2) is 5.82 Å². The fourth-order valence-electron chi connectivity index (χ4n) is 8.99. The van der Waals surface area contributed by atoms with Crippen LogP contribution in [0.15, 0.2) is 206 Å². The number of benzene rings is 9. The molecule has 270 valence electrons. The monoisotopic (exact) mass is 738 g/mol. The van der Waals surface area contributed by atoms with Crippen molar-refractivity contribution < 1.29 is 0 Å². The molecule has 0 fully saturated rings. The molecule has 3 heterocycles. The average molecular weight is 739 g/mol. The van der Waals surface area contributed by atoms with E-state index in [9.17, 15) is 0 Å². The smallest absolute Gasteiger partial charge is 0.160 e. The van der Waals surface area contributed by atoms with Gasteiger partial charge in [-0.3, -0.25) is 0 Å². The fraction of sp³-hybridized carbons (Fsp3) is 0. The van der Waals surface area contributed by atoms with Crippen LogP contribution >= 0.6 is 0 Å². The van der Waals surface area contributed by atoms with E-state index in [0.29, 0.717) is 5.82 Å². The Labute approximate surface area is 334 Å². The molecule has 9 aromatic carbocycles. The number of para-hydroxylation sites is 2. The number of hydrogen-bond acceptors (Lipinski definition) is 2. The Kier molecular flexibility index (Phi) is 7.20. The second-order valence-corrected chi connectivity index (χ2v) is 15.0. The van der Waals surface area contributed by atoms with Gasteiger partial charge >= 0.3 is 0 Å². The minimum atomic E-state index is 0.700. The van der Waals surface area contributed by atoms with E-state index in [1.165, 1.54) is 65.5 Å². The van der Waals surface area contributed by atoms with Gasteiger partial charge in [-0.05, 0) is 94.7 Å². The van der Waals surface area contributed by atoms with E-state index in [4.69, 9.17) is 9.97 Å². The van der Waals surface area contributed by atoms with Gasteiger partial charge in [0.05, 0.1) is 33.5 Å². The van der Waals surface area contributed by atoms with Crippen molar-refractivity contribution in [2.24, 2.45) is 0 Å². The molecule has 4 heteroatoms. The van der Waals surface area contributed by atoms with Crippen LogP contribution in [0.3, 0.4) is 0 Å². The Balaban J connectivity index is 1.03. The summed E-state index contributed by atoms with van der Waals surface area (Å²) in [7, 11) is 0. The van der Waals surface area contributed by atoms with Gasteiger partial charge in [-0.15, -0.1) is 0 Å². The molecule has 0 aliphatic rings. The molecule has 0 N–H and O–H groups in total. The molecular weight excluding hydrogens is 705 g/mol. The van der Waals surface area contributed by atoms with Crippen molar-refractivity contribution in [3.63, 3.8) is 0 Å². The van der Waals surface area contributed by atoms with E-state index in [1.54, 1.807) is 0 Å². The molecule has 0 atom stereocenters. The van der Waals surface area contributed by atoms with Gasteiger partial charge in [-0.2, -0.15) is 0 Å². The summed E-state index contributed by atoms with van der Waals surface area (Å²) in [6.07, 6.45) is 0. The maximum atomic E-state index is 5.10. The number of aromatic nitrogens is 4. The number of hydrogen-bond donors (Lipinski definition) is 0. The molecule has 0 aliphatic heterocycles. The van der Waals surface area contributed by atoms with E-state index >= 15 is 0 Å². The minimum absolute atomic E-state index is 0.700. The van der Waals surface area contributed by atoms with Crippen molar-refractivity contribution in [1.29, 1.82) is 0 Å². The lowest BCUT2D eigenvalue weighted by molar-refractivity contribution is 1.16. The molecule has 58 heavy (non-hydrogen) atoms. The summed E-state index contributed by atoms with van der Waals surface area (Å²) < 4.78 is 4.82. The number of nitrogens with zero attached hydrogens (tertiary/aromatic N) is 4. The summed E-state index contributed by atoms with van der Waals surface area (Å²) in [4.78, 5) is 10.2. The van der Waals surface area contributed by atoms with E-state index in [1.807, 2.05) is 12.1 Å². The van der Waals surface area contributed by atoms with Gasteiger partial charge in [-0.1, -0.05) is 133 Å². The van der Waals surface area contributed by atoms with Crippen molar-refractivity contribution in [3.05, 3.63) is 206 Å². The van der Waals surface area contributed by atoms with Gasteiger partial charge in [0.1, 0.15) is 0 Å². The standard InChI is InChI=1S/C54H34N4/c1-4-13-35(14-5-1)46-34-47(36-15-6-2-7-16-36)56-54(55-46)38-25-28-43(29-26-38)58-49-22-12-17-37-23-24-40-31-41(33-51(58)53(40)52(37)49)39-27-30-45-44-20-10-11-21-48(44)57(50(45)32-39)42-18-8-3-9-19-42/h1-34H. The Morgan fingerprint density at radius 1 is 0.293 bits per heavy atom. The van der Waals surface area contributed by atoms with Gasteiger partial charge in [0.2, 0.25) is 0 Å². The Morgan fingerprint density at radius 2 is 0.845 bits per heavy atom. The van der Waals surface area contributed by atoms with Crippen LogP contribution in [0.1, 0.15) is 0 Å². The number of fused-ring (bicyclic) bond motifs is 3. The quantitative estimate of drug-likeness (QED) is 0.159. The lowest BCUT2D eigenvalue weighted by Gasteiger charge is -2.12. The normalized spacial score (nSPS) is 11.8. The predicted octanol–water partition coefficient (Wildman–Crippen LogP) is 13.9. The molecule has 0 spiro atoms. The van der Waals surface area contributed by atoms with Gasteiger partial charge < -0.3 is 9.13 Å². The van der Waals surface area contributed by atoms with Crippen LogP contribution in [-0.4, -0.2) is 19.1 Å². The lowest BCUT2D eigenvalue weighted by atomic mass is 9.97. The van der Waals surface area contributed by atoms with Crippen molar-refractivity contribution in [2.45, 2.75) is 0 Å². The highest BCUT2D eigenvalue weighted by Crippen LogP contribution is 2.42. The Morgan fingerprint density at radius 3 is 1.59 bits per heavy atom. The van der Waals surface area contributed by atoms with Crippen LogP contribution in [0.5, 0.6) is 0 Å². The fourth-order valence-corrected chi connectivity index (χ4v) is 8.99. The van der Waals surface area contributed by atoms with Crippen molar-refractivity contribution in [1.82, 2.24) is 19.1 Å². The molecule has 0 unspecified atom stereocenters. The van der Waals surface area contributed by atoms with Crippen molar-refractivity contribution in [3.8, 4) is 56.4 Å². The first-order valence-corrected chi connectivity index (χ1v) is 19.7. The zero-order valence-corrected chi connectivity index (χ0v) is 31.4. The topological polar surface area (TPSA) is 35.6 Å². The number of rotatable bonds is 6. The van der Waals surface area contributed by atoms with E-state index in [-0.39, 0.29) is 0 Å². The first-order valence-electron chi connectivity index (χ1n) is 19.7. The molecule has 0 amide bonds. The second-order valence-electron chi connectivity index (χ2n) is 15.0. The van der Waals surface area contributed by atoms with Gasteiger partial charge in [0.25, 0.3) is 0 Å². The molecule has 12 rings (SSSR count). The van der Waals surface area contributed by atoms with E-state index in [2.05, 4.69) is 203 Å². The van der Waals surface area contributed by atoms with Crippen LogP contribution in [0.2, 0.25) is 0 Å². The second kappa shape index (κ2) is 12.9. The molecular formula is C54H34N4. The molecule has 3 aromatic heterocycles. The summed E-state index contributed by atoms with van der Waals surface area (Å²) in [5.74, 6) is 0.700. The minimum Gasteiger partial charge on any atom is -0.309 e. The van der Waals surface area contributed by atoms with E-state index < -0.39 is 0 Å². The summed E-state index contributed by atoms with van der Waals surface area (Å²) in [6.45, 7) is 0. The predicted molar refractivity (Wildman–Crippen MR) is 241 cm³/mol. The van der Waals surface area contributed by atoms with Crippen molar-refractivity contribution in [2.75, 3.05) is 0 Å². The highest BCUT2D eigenvalue weighted by molar-refractivity contribution is 6.25. The van der Waals surface area contributed by atoms with Crippen molar-refractivity contribution >= 4 is 54.4 Å². The average Bonchev–Trinajstić information content (AvgIpc) is 3.82. The first kappa shape index (κ1) is 32.4. The third-order valence-electron chi connectivity index (χ3n) is 11.7. The maximum Gasteiger partial charge on any atom is 0.160 e. The third-order valence-corrected chi connectivity index (χ3v) is 11.7. The summed E-state index contributed by atoms with van der Waals surface area (Å²) >= 11 is 0. The van der Waals surface area contributed by atoms with Crippen LogP contribution < -0.4 is 0 Å². The molecule has 4 nitrogen and oxygen atoms in total. The summed E-state index contributed by atoms with van der Waals surface area (Å²) in [5.41, 5.74) is 14.3. The molecule has 0 bridgehead atoms. The largest absolute Gasteiger partial charge is 0.309 e. The van der Waals surface area contributed by atoms with Crippen LogP contribution in [-0.2, 0) is 0 Å². The lowest BCUT2D eigenvalue weighted by Crippen LogP contribution is -1.97. The van der Waals surface area contributed by atoms with Crippen LogP contribution in [0.4, 0.5) is 0 Å². The molecule has 0 saturated heterocycles. The molecule has 0 radical (unpaired) electrons. The van der Waals surface area contributed by atoms with Crippen LogP contribution in [0, 0.1) is 0 Å². The Hall–Kier alpha value is -7.82. The van der Waals surface area contributed by atoms with Gasteiger partial charge in [0, 0.05) is 49.6 Å². The van der Waals surface area contributed by atoms with Crippen LogP contribution in [0.25, 0.3) is 111 Å².